The smallest absolute Gasteiger partial charge is 0.293 e. The molecule has 1 aliphatic rings. The van der Waals surface area contributed by atoms with E-state index in [9.17, 15) is 4.79 Å². The minimum Gasteiger partial charge on any atom is -0.381 e. The van der Waals surface area contributed by atoms with E-state index in [1.165, 1.54) is 0 Å². The van der Waals surface area contributed by atoms with Crippen LogP contribution in [0, 0.1) is 11.3 Å². The SMILES string of the molecule is N#CCCN(C(=O)c1nc(-c2ccccc2)n(-c2ccccc2)n1)C1CCOCC1. The first kappa shape index (κ1) is 19.8. The number of hydrogen-bond acceptors (Lipinski definition) is 5. The third kappa shape index (κ3) is 4.24. The number of amides is 1. The van der Waals surface area contributed by atoms with Crippen LogP contribution in [0.15, 0.2) is 60.7 Å². The molecule has 0 saturated carbocycles. The predicted molar refractivity (Wildman–Crippen MR) is 112 cm³/mol. The van der Waals surface area contributed by atoms with E-state index in [4.69, 9.17) is 10.00 Å². The van der Waals surface area contributed by atoms with Gasteiger partial charge >= 0.3 is 0 Å². The Morgan fingerprint density at radius 2 is 1.77 bits per heavy atom. The van der Waals surface area contributed by atoms with Gasteiger partial charge in [0.25, 0.3) is 5.91 Å². The summed E-state index contributed by atoms with van der Waals surface area (Å²) in [5.41, 5.74) is 1.71. The number of carbonyl (C=O) groups is 1. The Balaban J connectivity index is 1.73. The molecule has 1 aliphatic heterocycles. The molecule has 2 heterocycles. The molecule has 4 rings (SSSR count). The Labute approximate surface area is 175 Å². The predicted octanol–water partition coefficient (Wildman–Crippen LogP) is 3.47. The molecule has 7 nitrogen and oxygen atoms in total. The molecule has 1 saturated heterocycles. The number of hydrogen-bond donors (Lipinski definition) is 0. The topological polar surface area (TPSA) is 84.0 Å². The van der Waals surface area contributed by atoms with Gasteiger partial charge in [0.05, 0.1) is 18.2 Å². The molecule has 0 unspecified atom stereocenters. The zero-order valence-corrected chi connectivity index (χ0v) is 16.6. The van der Waals surface area contributed by atoms with Crippen LogP contribution < -0.4 is 0 Å². The van der Waals surface area contributed by atoms with Crippen molar-refractivity contribution in [1.82, 2.24) is 19.7 Å². The van der Waals surface area contributed by atoms with Gasteiger partial charge < -0.3 is 9.64 Å². The molecule has 1 amide bonds. The van der Waals surface area contributed by atoms with Crippen LogP contribution in [-0.4, -0.2) is 51.4 Å². The maximum absolute atomic E-state index is 13.4. The van der Waals surface area contributed by atoms with Crippen LogP contribution in [0.25, 0.3) is 17.1 Å². The lowest BCUT2D eigenvalue weighted by molar-refractivity contribution is 0.0289. The van der Waals surface area contributed by atoms with Crippen molar-refractivity contribution in [3.63, 3.8) is 0 Å². The molecular weight excluding hydrogens is 378 g/mol. The molecule has 0 spiro atoms. The number of rotatable bonds is 6. The molecule has 2 aromatic carbocycles. The first-order valence-electron chi connectivity index (χ1n) is 10.1. The monoisotopic (exact) mass is 401 g/mol. The van der Waals surface area contributed by atoms with Crippen LogP contribution in [0.5, 0.6) is 0 Å². The lowest BCUT2D eigenvalue weighted by Crippen LogP contribution is -2.44. The molecule has 30 heavy (non-hydrogen) atoms. The highest BCUT2D eigenvalue weighted by Gasteiger charge is 2.30. The molecule has 152 valence electrons. The highest BCUT2D eigenvalue weighted by molar-refractivity contribution is 5.91. The van der Waals surface area contributed by atoms with Crippen molar-refractivity contribution >= 4 is 5.91 Å². The Hall–Kier alpha value is -3.50. The number of nitriles is 1. The summed E-state index contributed by atoms with van der Waals surface area (Å²) < 4.78 is 7.14. The van der Waals surface area contributed by atoms with Gasteiger partial charge in [-0.25, -0.2) is 9.67 Å². The Morgan fingerprint density at radius 1 is 1.10 bits per heavy atom. The van der Waals surface area contributed by atoms with Gasteiger partial charge in [0.1, 0.15) is 0 Å². The number of nitrogens with zero attached hydrogens (tertiary/aromatic N) is 5. The third-order valence-corrected chi connectivity index (χ3v) is 5.19. The van der Waals surface area contributed by atoms with Gasteiger partial charge in [-0.3, -0.25) is 4.79 Å². The first-order valence-corrected chi connectivity index (χ1v) is 10.1. The van der Waals surface area contributed by atoms with E-state index < -0.39 is 0 Å². The number of aromatic nitrogens is 3. The standard InChI is InChI=1S/C23H23N5O2/c24-14-7-15-27(19-12-16-30-17-13-19)23(29)21-25-22(18-8-3-1-4-9-18)28(26-21)20-10-5-2-6-11-20/h1-6,8-11,19H,7,12-13,15-17H2. The average molecular weight is 401 g/mol. The number of para-hydroxylation sites is 1. The fourth-order valence-electron chi connectivity index (χ4n) is 3.67. The Morgan fingerprint density at radius 3 is 2.43 bits per heavy atom. The Bertz CT molecular complexity index is 964. The summed E-state index contributed by atoms with van der Waals surface area (Å²) in [6.45, 7) is 1.59. The third-order valence-electron chi connectivity index (χ3n) is 5.19. The van der Waals surface area contributed by atoms with E-state index in [0.29, 0.717) is 25.6 Å². The van der Waals surface area contributed by atoms with Gasteiger partial charge in [-0.05, 0) is 25.0 Å². The number of ether oxygens (including phenoxy) is 1. The van der Waals surface area contributed by atoms with Crippen molar-refractivity contribution in [2.24, 2.45) is 0 Å². The minimum absolute atomic E-state index is 0.0310. The van der Waals surface area contributed by atoms with E-state index in [1.807, 2.05) is 60.7 Å². The molecule has 1 fully saturated rings. The van der Waals surface area contributed by atoms with E-state index in [2.05, 4.69) is 16.2 Å². The van der Waals surface area contributed by atoms with E-state index in [0.717, 1.165) is 24.1 Å². The van der Waals surface area contributed by atoms with Crippen LogP contribution >= 0.6 is 0 Å². The van der Waals surface area contributed by atoms with Gasteiger partial charge in [-0.2, -0.15) is 5.26 Å². The lowest BCUT2D eigenvalue weighted by Gasteiger charge is -2.33. The van der Waals surface area contributed by atoms with E-state index in [-0.39, 0.29) is 24.2 Å². The van der Waals surface area contributed by atoms with Crippen LogP contribution in [-0.2, 0) is 4.74 Å². The molecule has 0 N–H and O–H groups in total. The van der Waals surface area contributed by atoms with Crippen molar-refractivity contribution in [2.75, 3.05) is 19.8 Å². The molecule has 0 bridgehead atoms. The summed E-state index contributed by atoms with van der Waals surface area (Å²) in [5.74, 6) is 0.503. The van der Waals surface area contributed by atoms with Crippen LogP contribution in [0.2, 0.25) is 0 Å². The second-order valence-electron chi connectivity index (χ2n) is 7.12. The van der Waals surface area contributed by atoms with Crippen molar-refractivity contribution in [3.05, 3.63) is 66.5 Å². The maximum Gasteiger partial charge on any atom is 0.293 e. The summed E-state index contributed by atoms with van der Waals surface area (Å²) in [6, 6.07) is 21.5. The number of carbonyl (C=O) groups excluding carboxylic acids is 1. The first-order chi connectivity index (χ1) is 14.8. The molecule has 0 atom stereocenters. The zero-order chi connectivity index (χ0) is 20.8. The molecule has 3 aromatic rings. The van der Waals surface area contributed by atoms with Gasteiger partial charge in [0, 0.05) is 31.4 Å². The average Bonchev–Trinajstić information content (AvgIpc) is 3.27. The highest BCUT2D eigenvalue weighted by Crippen LogP contribution is 2.23. The van der Waals surface area contributed by atoms with Crippen molar-refractivity contribution < 1.29 is 9.53 Å². The lowest BCUT2D eigenvalue weighted by atomic mass is 10.1. The van der Waals surface area contributed by atoms with E-state index >= 15 is 0 Å². The fraction of sp³-hybridized carbons (Fsp3) is 0.304. The summed E-state index contributed by atoms with van der Waals surface area (Å²) >= 11 is 0. The second-order valence-corrected chi connectivity index (χ2v) is 7.12. The normalized spacial score (nSPS) is 14.2. The fourth-order valence-corrected chi connectivity index (χ4v) is 3.67. The van der Waals surface area contributed by atoms with Crippen molar-refractivity contribution in [1.29, 1.82) is 5.26 Å². The van der Waals surface area contributed by atoms with Gasteiger partial charge in [-0.1, -0.05) is 48.5 Å². The van der Waals surface area contributed by atoms with Crippen molar-refractivity contribution in [2.45, 2.75) is 25.3 Å². The molecule has 0 aliphatic carbocycles. The molecule has 0 radical (unpaired) electrons. The van der Waals surface area contributed by atoms with Crippen LogP contribution in [0.1, 0.15) is 29.9 Å². The quantitative estimate of drug-likeness (QED) is 0.631. The second kappa shape index (κ2) is 9.33. The Kier molecular flexibility index (Phi) is 6.16. The van der Waals surface area contributed by atoms with Crippen LogP contribution in [0.4, 0.5) is 0 Å². The zero-order valence-electron chi connectivity index (χ0n) is 16.6. The summed E-state index contributed by atoms with van der Waals surface area (Å²) in [4.78, 5) is 19.8. The maximum atomic E-state index is 13.4. The minimum atomic E-state index is -0.246. The summed E-state index contributed by atoms with van der Waals surface area (Å²) in [6.07, 6.45) is 1.78. The highest BCUT2D eigenvalue weighted by atomic mass is 16.5. The molecule has 7 heteroatoms. The summed E-state index contributed by atoms with van der Waals surface area (Å²) in [7, 11) is 0. The molecule has 1 aromatic heterocycles. The summed E-state index contributed by atoms with van der Waals surface area (Å²) in [5, 5.41) is 13.6. The van der Waals surface area contributed by atoms with Crippen LogP contribution in [0.3, 0.4) is 0 Å². The van der Waals surface area contributed by atoms with Crippen molar-refractivity contribution in [3.8, 4) is 23.1 Å². The van der Waals surface area contributed by atoms with E-state index in [1.54, 1.807) is 9.58 Å². The van der Waals surface area contributed by atoms with Gasteiger partial charge in [0.2, 0.25) is 5.82 Å². The van der Waals surface area contributed by atoms with Gasteiger partial charge in [-0.15, -0.1) is 5.10 Å². The molecular formula is C23H23N5O2. The number of benzene rings is 2. The largest absolute Gasteiger partial charge is 0.381 e. The van der Waals surface area contributed by atoms with Gasteiger partial charge in [0.15, 0.2) is 5.82 Å².